The number of halogens is 3. The highest BCUT2D eigenvalue weighted by Crippen LogP contribution is 2.38. The van der Waals surface area contributed by atoms with E-state index in [-0.39, 0.29) is 17.8 Å². The van der Waals surface area contributed by atoms with E-state index in [4.69, 9.17) is 0 Å². The highest BCUT2D eigenvalue weighted by Gasteiger charge is 2.31. The molecule has 0 aliphatic heterocycles. The van der Waals surface area contributed by atoms with Crippen molar-refractivity contribution in [3.63, 3.8) is 0 Å². The van der Waals surface area contributed by atoms with Crippen LogP contribution in [0.2, 0.25) is 0 Å². The second-order valence-electron chi connectivity index (χ2n) is 5.78. The molecule has 2 aromatic heterocycles. The summed E-state index contributed by atoms with van der Waals surface area (Å²) < 4.78 is 38.3. The van der Waals surface area contributed by atoms with Crippen LogP contribution >= 0.6 is 0 Å². The summed E-state index contributed by atoms with van der Waals surface area (Å²) in [7, 11) is 0. The molecule has 0 unspecified atom stereocenters. The van der Waals surface area contributed by atoms with Crippen molar-refractivity contribution in [3.8, 4) is 17.0 Å². The van der Waals surface area contributed by atoms with Crippen molar-refractivity contribution in [2.24, 2.45) is 0 Å². The monoisotopic (exact) mass is 364 g/mol. The van der Waals surface area contributed by atoms with Gasteiger partial charge in [0.05, 0.1) is 11.7 Å². The van der Waals surface area contributed by atoms with Crippen LogP contribution in [-0.4, -0.2) is 38.0 Å². The molecule has 26 heavy (non-hydrogen) atoms. The number of phenols is 1. The molecular weight excluding hydrogens is 349 g/mol. The number of fused-ring (bicyclic) bond motifs is 1. The standard InChI is InChI=1S/C17H15F3N4O2/c1-9(25)7-22-16-11-4-5-21-8-13(11)15(23-24-16)12-3-2-10(6-14(12)26)17(18,19)20/h2-6,8-9,25-26H,7H2,1H3,(H,22,24)/t9-/m1/s1. The minimum atomic E-state index is -4.56. The Balaban J connectivity index is 2.11. The highest BCUT2D eigenvalue weighted by atomic mass is 19.4. The summed E-state index contributed by atoms with van der Waals surface area (Å²) in [5, 5.41) is 31.6. The van der Waals surface area contributed by atoms with Crippen LogP contribution in [0.5, 0.6) is 5.75 Å². The minimum Gasteiger partial charge on any atom is -0.507 e. The Morgan fingerprint density at radius 2 is 1.92 bits per heavy atom. The number of hydrogen-bond acceptors (Lipinski definition) is 6. The maximum absolute atomic E-state index is 12.8. The smallest absolute Gasteiger partial charge is 0.416 e. The molecule has 0 fully saturated rings. The largest absolute Gasteiger partial charge is 0.507 e. The van der Waals surface area contributed by atoms with Crippen LogP contribution in [0, 0.1) is 0 Å². The van der Waals surface area contributed by atoms with Gasteiger partial charge in [0.15, 0.2) is 5.82 Å². The lowest BCUT2D eigenvalue weighted by Gasteiger charge is -2.13. The molecule has 9 heteroatoms. The number of benzene rings is 1. The summed E-state index contributed by atoms with van der Waals surface area (Å²) in [6.07, 6.45) is -2.13. The summed E-state index contributed by atoms with van der Waals surface area (Å²) in [5.74, 6) is -0.151. The number of hydrogen-bond donors (Lipinski definition) is 3. The summed E-state index contributed by atoms with van der Waals surface area (Å²) in [5.41, 5.74) is -0.628. The number of aromatic nitrogens is 3. The van der Waals surface area contributed by atoms with Crippen LogP contribution in [0.3, 0.4) is 0 Å². The molecule has 1 aromatic carbocycles. The first-order valence-electron chi connectivity index (χ1n) is 7.70. The van der Waals surface area contributed by atoms with Gasteiger partial charge in [-0.25, -0.2) is 0 Å². The first-order valence-corrected chi connectivity index (χ1v) is 7.70. The van der Waals surface area contributed by atoms with Gasteiger partial charge in [0.1, 0.15) is 11.4 Å². The number of anilines is 1. The number of pyridine rings is 1. The second-order valence-corrected chi connectivity index (χ2v) is 5.78. The van der Waals surface area contributed by atoms with Gasteiger partial charge in [-0.15, -0.1) is 10.2 Å². The predicted octanol–water partition coefficient (Wildman–Crippen LogP) is 3.21. The SMILES string of the molecule is C[C@@H](O)CNc1nnc(-c2ccc(C(F)(F)F)cc2O)c2cnccc12. The van der Waals surface area contributed by atoms with Crippen LogP contribution in [0.1, 0.15) is 12.5 Å². The molecule has 0 saturated carbocycles. The topological polar surface area (TPSA) is 91.2 Å². The maximum atomic E-state index is 12.8. The van der Waals surface area contributed by atoms with Crippen LogP contribution in [0.15, 0.2) is 36.7 Å². The molecule has 1 atom stereocenters. The van der Waals surface area contributed by atoms with Gasteiger partial charge in [-0.1, -0.05) is 0 Å². The van der Waals surface area contributed by atoms with E-state index in [2.05, 4.69) is 20.5 Å². The Hall–Kier alpha value is -2.94. The molecule has 0 radical (unpaired) electrons. The van der Waals surface area contributed by atoms with Gasteiger partial charge in [0.2, 0.25) is 0 Å². The summed E-state index contributed by atoms with van der Waals surface area (Å²) >= 11 is 0. The van der Waals surface area contributed by atoms with E-state index in [1.165, 1.54) is 12.4 Å². The molecule has 3 aromatic rings. The molecular formula is C17H15F3N4O2. The lowest BCUT2D eigenvalue weighted by Crippen LogP contribution is -2.16. The van der Waals surface area contributed by atoms with Gasteiger partial charge in [-0.05, 0) is 31.2 Å². The molecule has 0 saturated heterocycles. The molecule has 136 valence electrons. The average molecular weight is 364 g/mol. The number of aromatic hydroxyl groups is 1. The molecule has 0 spiro atoms. The highest BCUT2D eigenvalue weighted by molar-refractivity contribution is 6.00. The van der Waals surface area contributed by atoms with Gasteiger partial charge in [0, 0.05) is 35.3 Å². The molecule has 0 aliphatic carbocycles. The first kappa shape index (κ1) is 17.9. The number of alkyl halides is 3. The van der Waals surface area contributed by atoms with E-state index in [0.29, 0.717) is 22.7 Å². The Morgan fingerprint density at radius 1 is 1.15 bits per heavy atom. The second kappa shape index (κ2) is 6.75. The Bertz CT molecular complexity index is 945. The van der Waals surface area contributed by atoms with E-state index in [1.54, 1.807) is 13.0 Å². The van der Waals surface area contributed by atoms with Crippen molar-refractivity contribution in [2.45, 2.75) is 19.2 Å². The van der Waals surface area contributed by atoms with Crippen molar-refractivity contribution >= 4 is 16.6 Å². The van der Waals surface area contributed by atoms with Crippen molar-refractivity contribution < 1.29 is 23.4 Å². The summed E-state index contributed by atoms with van der Waals surface area (Å²) in [4.78, 5) is 4.02. The van der Waals surface area contributed by atoms with Crippen LogP contribution in [0.4, 0.5) is 19.0 Å². The molecule has 3 N–H and O–H groups in total. The van der Waals surface area contributed by atoms with Gasteiger partial charge in [-0.2, -0.15) is 13.2 Å². The third-order valence-corrected chi connectivity index (χ3v) is 3.73. The zero-order chi connectivity index (χ0) is 18.9. The maximum Gasteiger partial charge on any atom is 0.416 e. The number of rotatable bonds is 4. The van der Waals surface area contributed by atoms with Crippen molar-refractivity contribution in [1.82, 2.24) is 15.2 Å². The van der Waals surface area contributed by atoms with E-state index in [1.807, 2.05) is 0 Å². The van der Waals surface area contributed by atoms with E-state index in [0.717, 1.165) is 12.1 Å². The third kappa shape index (κ3) is 3.52. The van der Waals surface area contributed by atoms with Gasteiger partial charge < -0.3 is 15.5 Å². The van der Waals surface area contributed by atoms with E-state index in [9.17, 15) is 23.4 Å². The quantitative estimate of drug-likeness (QED) is 0.659. The number of aliphatic hydroxyl groups is 1. The van der Waals surface area contributed by atoms with E-state index < -0.39 is 23.6 Å². The molecule has 2 heterocycles. The minimum absolute atomic E-state index is 0.116. The number of nitrogens with zero attached hydrogens (tertiary/aromatic N) is 3. The molecule has 3 rings (SSSR count). The molecule has 0 bridgehead atoms. The van der Waals surface area contributed by atoms with Crippen LogP contribution in [-0.2, 0) is 6.18 Å². The Kier molecular flexibility index (Phi) is 4.64. The number of aliphatic hydroxyl groups excluding tert-OH is 1. The number of nitrogens with one attached hydrogen (secondary N) is 1. The number of phenolic OH excluding ortho intramolecular Hbond substituents is 1. The first-order chi connectivity index (χ1) is 12.3. The lowest BCUT2D eigenvalue weighted by atomic mass is 10.0. The fraction of sp³-hybridized carbons (Fsp3) is 0.235. The van der Waals surface area contributed by atoms with Gasteiger partial charge in [-0.3, -0.25) is 4.98 Å². The third-order valence-electron chi connectivity index (χ3n) is 3.73. The summed E-state index contributed by atoms with van der Waals surface area (Å²) in [6, 6.07) is 4.34. The zero-order valence-corrected chi connectivity index (χ0v) is 13.6. The predicted molar refractivity (Wildman–Crippen MR) is 89.6 cm³/mol. The lowest BCUT2D eigenvalue weighted by molar-refractivity contribution is -0.137. The van der Waals surface area contributed by atoms with Crippen LogP contribution in [0.25, 0.3) is 22.0 Å². The Labute approximate surface area is 146 Å². The van der Waals surface area contributed by atoms with E-state index >= 15 is 0 Å². The fourth-order valence-corrected chi connectivity index (χ4v) is 2.48. The van der Waals surface area contributed by atoms with Crippen molar-refractivity contribution in [3.05, 3.63) is 42.2 Å². The average Bonchev–Trinajstić information content (AvgIpc) is 2.59. The fourth-order valence-electron chi connectivity index (χ4n) is 2.48. The van der Waals surface area contributed by atoms with Crippen LogP contribution < -0.4 is 5.32 Å². The normalized spacial score (nSPS) is 13.0. The van der Waals surface area contributed by atoms with Crippen molar-refractivity contribution in [2.75, 3.05) is 11.9 Å². The van der Waals surface area contributed by atoms with Gasteiger partial charge >= 0.3 is 6.18 Å². The zero-order valence-electron chi connectivity index (χ0n) is 13.6. The summed E-state index contributed by atoms with van der Waals surface area (Å²) in [6.45, 7) is 1.86. The Morgan fingerprint density at radius 3 is 2.58 bits per heavy atom. The van der Waals surface area contributed by atoms with Crippen molar-refractivity contribution in [1.29, 1.82) is 0 Å². The molecule has 0 amide bonds. The molecule has 0 aliphatic rings. The van der Waals surface area contributed by atoms with Gasteiger partial charge in [0.25, 0.3) is 0 Å². The molecule has 6 nitrogen and oxygen atoms in total.